The third-order valence-corrected chi connectivity index (χ3v) is 3.11. The predicted octanol–water partition coefficient (Wildman–Crippen LogP) is 2.88. The fourth-order valence-corrected chi connectivity index (χ4v) is 1.76. The minimum absolute atomic E-state index is 0.185. The molecule has 1 radical (unpaired) electrons. The summed E-state index contributed by atoms with van der Waals surface area (Å²) in [5.41, 5.74) is 1.55. The van der Waals surface area contributed by atoms with E-state index in [9.17, 15) is 9.50 Å². The summed E-state index contributed by atoms with van der Waals surface area (Å²) in [5.74, 6) is 0.486. The van der Waals surface area contributed by atoms with Crippen LogP contribution in [0.25, 0.3) is 0 Å². The van der Waals surface area contributed by atoms with Crippen LogP contribution in [-0.2, 0) is 6.42 Å². The van der Waals surface area contributed by atoms with Gasteiger partial charge in [0.2, 0.25) is 0 Å². The van der Waals surface area contributed by atoms with Crippen LogP contribution in [0.1, 0.15) is 31.4 Å². The predicted molar refractivity (Wildman–Crippen MR) is 77.5 cm³/mol. The molecule has 107 valence electrons. The monoisotopic (exact) mass is 266 g/mol. The minimum Gasteiger partial charge on any atom is -0.391 e. The number of rotatable bonds is 8. The van der Waals surface area contributed by atoms with Crippen LogP contribution in [0.2, 0.25) is 0 Å². The summed E-state index contributed by atoms with van der Waals surface area (Å²) in [7, 11) is 0. The van der Waals surface area contributed by atoms with Gasteiger partial charge >= 0.3 is 0 Å². The van der Waals surface area contributed by atoms with Crippen LogP contribution in [0.4, 0.5) is 4.39 Å². The number of aliphatic hydroxyl groups excluding tert-OH is 1. The Bertz CT molecular complexity index is 379. The Morgan fingerprint density at radius 1 is 1.37 bits per heavy atom. The smallest absolute Gasteiger partial charge is 0.126 e. The third kappa shape index (κ3) is 6.69. The fourth-order valence-electron chi connectivity index (χ4n) is 1.76. The third-order valence-electron chi connectivity index (χ3n) is 3.11. The first-order chi connectivity index (χ1) is 8.99. The zero-order valence-corrected chi connectivity index (χ0v) is 12.1. The largest absolute Gasteiger partial charge is 0.391 e. The van der Waals surface area contributed by atoms with E-state index in [1.54, 1.807) is 13.0 Å². The van der Waals surface area contributed by atoms with Gasteiger partial charge in [-0.15, -0.1) is 0 Å². The summed E-state index contributed by atoms with van der Waals surface area (Å²) in [6.07, 6.45) is 3.02. The quantitative estimate of drug-likeness (QED) is 0.709. The molecule has 0 aromatic heterocycles. The number of halogens is 1. The second-order valence-electron chi connectivity index (χ2n) is 5.48. The summed E-state index contributed by atoms with van der Waals surface area (Å²) in [4.78, 5) is 0. The molecule has 0 saturated heterocycles. The van der Waals surface area contributed by atoms with E-state index in [-0.39, 0.29) is 5.82 Å². The second-order valence-corrected chi connectivity index (χ2v) is 5.48. The van der Waals surface area contributed by atoms with E-state index in [0.717, 1.165) is 18.5 Å². The first-order valence-corrected chi connectivity index (χ1v) is 6.96. The Labute approximate surface area is 116 Å². The lowest BCUT2D eigenvalue weighted by atomic mass is 10.0. The molecule has 1 atom stereocenters. The van der Waals surface area contributed by atoms with Gasteiger partial charge in [-0.1, -0.05) is 26.0 Å². The number of aliphatic hydroxyl groups is 1. The normalized spacial score (nSPS) is 12.9. The lowest BCUT2D eigenvalue weighted by Gasteiger charge is -2.12. The Balaban J connectivity index is 2.22. The molecule has 2 N–H and O–H groups in total. The van der Waals surface area contributed by atoms with Crippen molar-refractivity contribution in [1.29, 1.82) is 0 Å². The number of hydrogen-bond acceptors (Lipinski definition) is 2. The summed E-state index contributed by atoms with van der Waals surface area (Å²) in [6, 6.07) is 5.20. The Morgan fingerprint density at radius 2 is 2.11 bits per heavy atom. The maximum atomic E-state index is 13.3. The number of benzene rings is 1. The average molecular weight is 266 g/mol. The van der Waals surface area contributed by atoms with Gasteiger partial charge in [0, 0.05) is 6.54 Å². The van der Waals surface area contributed by atoms with Gasteiger partial charge in [-0.3, -0.25) is 0 Å². The van der Waals surface area contributed by atoms with Gasteiger partial charge in [0.1, 0.15) is 5.82 Å². The maximum absolute atomic E-state index is 13.3. The summed E-state index contributed by atoms with van der Waals surface area (Å²) in [6.45, 7) is 7.57. The molecule has 19 heavy (non-hydrogen) atoms. The zero-order chi connectivity index (χ0) is 14.3. The molecule has 0 saturated carbocycles. The van der Waals surface area contributed by atoms with Crippen molar-refractivity contribution in [3.63, 3.8) is 0 Å². The molecule has 1 unspecified atom stereocenters. The standard InChI is InChI=1S/C16H25FNO/c1-12(2)8-9-18-11-15(19)7-6-14-5-4-13(3)16(17)10-14/h4-5,7,10,12,15,18-19H,6,8-9,11H2,1-3H3. The van der Waals surface area contributed by atoms with Gasteiger partial charge in [-0.25, -0.2) is 4.39 Å². The molecule has 1 aromatic carbocycles. The SMILES string of the molecule is Cc1ccc(C[CH]C(O)CNCCC(C)C)cc1F. The zero-order valence-electron chi connectivity index (χ0n) is 12.1. The molecule has 0 amide bonds. The first kappa shape index (κ1) is 16.1. The van der Waals surface area contributed by atoms with Crippen LogP contribution in [0.15, 0.2) is 18.2 Å². The van der Waals surface area contributed by atoms with Crippen LogP contribution < -0.4 is 5.32 Å². The fraction of sp³-hybridized carbons (Fsp3) is 0.562. The molecule has 0 spiro atoms. The molecule has 0 aliphatic carbocycles. The molecule has 3 heteroatoms. The molecule has 0 fully saturated rings. The lowest BCUT2D eigenvalue weighted by molar-refractivity contribution is 0.200. The molecule has 0 aliphatic heterocycles. The number of aryl methyl sites for hydroxylation is 1. The number of hydrogen-bond donors (Lipinski definition) is 2. The van der Waals surface area contributed by atoms with E-state index in [4.69, 9.17) is 0 Å². The van der Waals surface area contributed by atoms with E-state index in [1.807, 2.05) is 12.5 Å². The first-order valence-electron chi connectivity index (χ1n) is 6.96. The van der Waals surface area contributed by atoms with E-state index in [2.05, 4.69) is 19.2 Å². The van der Waals surface area contributed by atoms with Crippen molar-refractivity contribution in [3.8, 4) is 0 Å². The van der Waals surface area contributed by atoms with Crippen molar-refractivity contribution in [3.05, 3.63) is 41.6 Å². The van der Waals surface area contributed by atoms with E-state index >= 15 is 0 Å². The van der Waals surface area contributed by atoms with Gasteiger partial charge in [-0.05, 0) is 55.8 Å². The van der Waals surface area contributed by atoms with Gasteiger partial charge < -0.3 is 10.4 Å². The van der Waals surface area contributed by atoms with Gasteiger partial charge in [0.15, 0.2) is 0 Å². The topological polar surface area (TPSA) is 32.3 Å². The molecule has 0 aliphatic rings. The van der Waals surface area contributed by atoms with Gasteiger partial charge in [0.05, 0.1) is 6.10 Å². The molecule has 1 aromatic rings. The molecular formula is C16H25FNO. The Kier molecular flexibility index (Phi) is 7.03. The van der Waals surface area contributed by atoms with Crippen LogP contribution in [-0.4, -0.2) is 24.3 Å². The summed E-state index contributed by atoms with van der Waals surface area (Å²) in [5, 5.41) is 13.0. The highest BCUT2D eigenvalue weighted by molar-refractivity contribution is 5.24. The second kappa shape index (κ2) is 8.28. The molecular weight excluding hydrogens is 241 g/mol. The molecule has 1 rings (SSSR count). The Hall–Kier alpha value is -0.930. The van der Waals surface area contributed by atoms with Crippen molar-refractivity contribution in [1.82, 2.24) is 5.32 Å². The van der Waals surface area contributed by atoms with Crippen molar-refractivity contribution in [2.75, 3.05) is 13.1 Å². The molecule has 0 heterocycles. The van der Waals surface area contributed by atoms with Crippen molar-refractivity contribution in [2.45, 2.75) is 39.7 Å². The van der Waals surface area contributed by atoms with Crippen LogP contribution in [0.3, 0.4) is 0 Å². The minimum atomic E-state index is -0.489. The highest BCUT2D eigenvalue weighted by Crippen LogP contribution is 2.11. The van der Waals surface area contributed by atoms with Crippen LogP contribution >= 0.6 is 0 Å². The maximum Gasteiger partial charge on any atom is 0.126 e. The van der Waals surface area contributed by atoms with Crippen molar-refractivity contribution in [2.24, 2.45) is 5.92 Å². The van der Waals surface area contributed by atoms with Crippen LogP contribution in [0.5, 0.6) is 0 Å². The van der Waals surface area contributed by atoms with Crippen LogP contribution in [0, 0.1) is 25.1 Å². The Morgan fingerprint density at radius 3 is 2.74 bits per heavy atom. The molecule has 2 nitrogen and oxygen atoms in total. The van der Waals surface area contributed by atoms with E-state index < -0.39 is 6.10 Å². The highest BCUT2D eigenvalue weighted by Gasteiger charge is 2.06. The summed E-state index contributed by atoms with van der Waals surface area (Å²) >= 11 is 0. The number of nitrogens with one attached hydrogen (secondary N) is 1. The molecule has 0 bridgehead atoms. The van der Waals surface area contributed by atoms with Gasteiger partial charge in [0.25, 0.3) is 0 Å². The summed E-state index contributed by atoms with van der Waals surface area (Å²) < 4.78 is 13.3. The lowest BCUT2D eigenvalue weighted by Crippen LogP contribution is -2.28. The van der Waals surface area contributed by atoms with Gasteiger partial charge in [-0.2, -0.15) is 0 Å². The van der Waals surface area contributed by atoms with E-state index in [0.29, 0.717) is 24.4 Å². The highest BCUT2D eigenvalue weighted by atomic mass is 19.1. The van der Waals surface area contributed by atoms with E-state index in [1.165, 1.54) is 6.07 Å². The average Bonchev–Trinajstić information content (AvgIpc) is 2.36. The van der Waals surface area contributed by atoms with Crippen molar-refractivity contribution >= 4 is 0 Å². The van der Waals surface area contributed by atoms with Crippen molar-refractivity contribution < 1.29 is 9.50 Å².